The monoisotopic (exact) mass is 277 g/mol. The largest absolute Gasteiger partial charge is 0.481 e. The molecule has 0 saturated carbocycles. The van der Waals surface area contributed by atoms with Crippen molar-refractivity contribution in [3.05, 3.63) is 30.1 Å². The van der Waals surface area contributed by atoms with Gasteiger partial charge >= 0.3 is 12.0 Å². The van der Waals surface area contributed by atoms with Gasteiger partial charge in [0.1, 0.15) is 0 Å². The first kappa shape index (κ1) is 14.3. The third-order valence-corrected chi connectivity index (χ3v) is 3.51. The Morgan fingerprint density at radius 2 is 2.10 bits per heavy atom. The van der Waals surface area contributed by atoms with Crippen LogP contribution in [0.2, 0.25) is 0 Å². The number of aliphatic carboxylic acids is 1. The van der Waals surface area contributed by atoms with Gasteiger partial charge in [0.05, 0.1) is 5.92 Å². The van der Waals surface area contributed by atoms with Crippen LogP contribution in [-0.2, 0) is 11.2 Å². The number of amides is 2. The molecule has 6 heteroatoms. The number of piperidine rings is 1. The number of nitrogens with one attached hydrogen (secondary N) is 1. The van der Waals surface area contributed by atoms with E-state index in [0.29, 0.717) is 38.9 Å². The maximum Gasteiger partial charge on any atom is 0.317 e. The topological polar surface area (TPSA) is 82.5 Å². The average Bonchev–Trinajstić information content (AvgIpc) is 2.48. The van der Waals surface area contributed by atoms with E-state index in [9.17, 15) is 9.59 Å². The Labute approximate surface area is 117 Å². The van der Waals surface area contributed by atoms with Crippen LogP contribution in [-0.4, -0.2) is 46.6 Å². The van der Waals surface area contributed by atoms with Crippen LogP contribution in [0.25, 0.3) is 0 Å². The number of carboxylic acid groups (broad SMARTS) is 1. The summed E-state index contributed by atoms with van der Waals surface area (Å²) in [6.07, 6.45) is 3.48. The Morgan fingerprint density at radius 1 is 1.35 bits per heavy atom. The third-order valence-electron chi connectivity index (χ3n) is 3.51. The molecule has 2 rings (SSSR count). The molecule has 2 amide bonds. The molecule has 0 unspecified atom stereocenters. The van der Waals surface area contributed by atoms with Crippen molar-refractivity contribution < 1.29 is 14.7 Å². The Bertz CT molecular complexity index is 456. The highest BCUT2D eigenvalue weighted by molar-refractivity contribution is 5.75. The van der Waals surface area contributed by atoms with E-state index in [4.69, 9.17) is 5.11 Å². The summed E-state index contributed by atoms with van der Waals surface area (Å²) in [5.74, 6) is -1.08. The molecule has 108 valence electrons. The minimum atomic E-state index is -0.764. The molecule has 1 aromatic rings. The molecule has 0 aromatic carbocycles. The summed E-state index contributed by atoms with van der Waals surface area (Å²) < 4.78 is 0. The van der Waals surface area contributed by atoms with Crippen molar-refractivity contribution in [3.63, 3.8) is 0 Å². The van der Waals surface area contributed by atoms with Gasteiger partial charge in [-0.15, -0.1) is 0 Å². The number of hydrogen-bond donors (Lipinski definition) is 2. The summed E-state index contributed by atoms with van der Waals surface area (Å²) in [5.41, 5.74) is 0.942. The number of likely N-dealkylation sites (tertiary alicyclic amines) is 1. The number of pyridine rings is 1. The lowest BCUT2D eigenvalue weighted by molar-refractivity contribution is -0.143. The standard InChI is InChI=1S/C14H19N3O3/c18-13(19)11-5-9-17(10-6-11)14(20)16-8-4-12-3-1-2-7-15-12/h1-3,7,11H,4-6,8-10H2,(H,16,20)(H,18,19). The van der Waals surface area contributed by atoms with E-state index in [1.54, 1.807) is 11.1 Å². The van der Waals surface area contributed by atoms with Gasteiger partial charge in [-0.2, -0.15) is 0 Å². The van der Waals surface area contributed by atoms with E-state index in [-0.39, 0.29) is 11.9 Å². The zero-order valence-corrected chi connectivity index (χ0v) is 11.3. The molecule has 2 heterocycles. The van der Waals surface area contributed by atoms with E-state index in [0.717, 1.165) is 5.69 Å². The first-order valence-corrected chi connectivity index (χ1v) is 6.82. The molecule has 1 aliphatic rings. The minimum Gasteiger partial charge on any atom is -0.481 e. The molecule has 0 bridgehead atoms. The fourth-order valence-corrected chi connectivity index (χ4v) is 2.28. The molecular weight excluding hydrogens is 258 g/mol. The van der Waals surface area contributed by atoms with Crippen LogP contribution in [0.1, 0.15) is 18.5 Å². The smallest absolute Gasteiger partial charge is 0.317 e. The highest BCUT2D eigenvalue weighted by atomic mass is 16.4. The van der Waals surface area contributed by atoms with E-state index >= 15 is 0 Å². The number of urea groups is 1. The van der Waals surface area contributed by atoms with E-state index in [1.807, 2.05) is 18.2 Å². The Morgan fingerprint density at radius 3 is 2.70 bits per heavy atom. The lowest BCUT2D eigenvalue weighted by Crippen LogP contribution is -2.45. The quantitative estimate of drug-likeness (QED) is 0.864. The number of carboxylic acids is 1. The predicted molar refractivity (Wildman–Crippen MR) is 73.3 cm³/mol. The number of carbonyl (C=O) groups excluding carboxylic acids is 1. The first-order chi connectivity index (χ1) is 9.66. The summed E-state index contributed by atoms with van der Waals surface area (Å²) in [5, 5.41) is 11.7. The Kier molecular flexibility index (Phi) is 4.92. The van der Waals surface area contributed by atoms with E-state index < -0.39 is 5.97 Å². The zero-order chi connectivity index (χ0) is 14.4. The van der Waals surface area contributed by atoms with Gasteiger partial charge in [-0.3, -0.25) is 9.78 Å². The van der Waals surface area contributed by atoms with Crippen molar-refractivity contribution in [2.45, 2.75) is 19.3 Å². The maximum absolute atomic E-state index is 11.9. The van der Waals surface area contributed by atoms with Crippen molar-refractivity contribution in [3.8, 4) is 0 Å². The lowest BCUT2D eigenvalue weighted by atomic mass is 9.97. The fourth-order valence-electron chi connectivity index (χ4n) is 2.28. The van der Waals surface area contributed by atoms with Crippen molar-refractivity contribution in [1.29, 1.82) is 0 Å². The van der Waals surface area contributed by atoms with Gasteiger partial charge in [0.25, 0.3) is 0 Å². The van der Waals surface area contributed by atoms with Crippen LogP contribution in [0.4, 0.5) is 4.79 Å². The summed E-state index contributed by atoms with van der Waals surface area (Å²) >= 11 is 0. The van der Waals surface area contributed by atoms with E-state index in [1.165, 1.54) is 0 Å². The van der Waals surface area contributed by atoms with Gasteiger partial charge in [0.2, 0.25) is 0 Å². The number of rotatable bonds is 4. The van der Waals surface area contributed by atoms with Crippen molar-refractivity contribution in [2.75, 3.05) is 19.6 Å². The normalized spacial score (nSPS) is 15.9. The number of nitrogens with zero attached hydrogens (tertiary/aromatic N) is 2. The minimum absolute atomic E-state index is 0.121. The zero-order valence-electron chi connectivity index (χ0n) is 11.3. The van der Waals surface area contributed by atoms with Crippen molar-refractivity contribution >= 4 is 12.0 Å². The maximum atomic E-state index is 11.9. The number of hydrogen-bond acceptors (Lipinski definition) is 3. The lowest BCUT2D eigenvalue weighted by Gasteiger charge is -2.30. The van der Waals surface area contributed by atoms with Gasteiger partial charge in [-0.05, 0) is 25.0 Å². The van der Waals surface area contributed by atoms with Crippen LogP contribution >= 0.6 is 0 Å². The Hall–Kier alpha value is -2.11. The third kappa shape index (κ3) is 3.94. The first-order valence-electron chi connectivity index (χ1n) is 6.82. The highest BCUT2D eigenvalue weighted by Crippen LogP contribution is 2.17. The molecule has 1 aliphatic heterocycles. The molecule has 6 nitrogen and oxygen atoms in total. The van der Waals surface area contributed by atoms with Gasteiger partial charge in [-0.25, -0.2) is 4.79 Å². The molecule has 0 radical (unpaired) electrons. The fraction of sp³-hybridized carbons (Fsp3) is 0.500. The van der Waals surface area contributed by atoms with Gasteiger partial charge in [0, 0.05) is 37.9 Å². The summed E-state index contributed by atoms with van der Waals surface area (Å²) in [6, 6.07) is 5.57. The molecule has 1 aromatic heterocycles. The van der Waals surface area contributed by atoms with Gasteiger partial charge in [0.15, 0.2) is 0 Å². The summed E-state index contributed by atoms with van der Waals surface area (Å²) in [6.45, 7) is 1.55. The molecular formula is C14H19N3O3. The Balaban J connectivity index is 1.69. The molecule has 1 fully saturated rings. The number of aromatic nitrogens is 1. The van der Waals surface area contributed by atoms with Crippen LogP contribution in [0, 0.1) is 5.92 Å². The summed E-state index contributed by atoms with van der Waals surface area (Å²) in [7, 11) is 0. The SMILES string of the molecule is O=C(O)C1CCN(C(=O)NCCc2ccccn2)CC1. The molecule has 0 atom stereocenters. The van der Waals surface area contributed by atoms with E-state index in [2.05, 4.69) is 10.3 Å². The second-order valence-corrected chi connectivity index (χ2v) is 4.90. The second kappa shape index (κ2) is 6.88. The molecule has 1 saturated heterocycles. The summed E-state index contributed by atoms with van der Waals surface area (Å²) in [4.78, 5) is 28.6. The molecule has 20 heavy (non-hydrogen) atoms. The second-order valence-electron chi connectivity index (χ2n) is 4.90. The van der Waals surface area contributed by atoms with Crippen molar-refractivity contribution in [1.82, 2.24) is 15.2 Å². The van der Waals surface area contributed by atoms with Crippen LogP contribution in [0.15, 0.2) is 24.4 Å². The van der Waals surface area contributed by atoms with Gasteiger partial charge in [-0.1, -0.05) is 6.07 Å². The van der Waals surface area contributed by atoms with Crippen LogP contribution in [0.5, 0.6) is 0 Å². The number of carbonyl (C=O) groups is 2. The molecule has 2 N–H and O–H groups in total. The van der Waals surface area contributed by atoms with Crippen LogP contribution < -0.4 is 5.32 Å². The highest BCUT2D eigenvalue weighted by Gasteiger charge is 2.26. The van der Waals surface area contributed by atoms with Crippen LogP contribution in [0.3, 0.4) is 0 Å². The van der Waals surface area contributed by atoms with Crippen molar-refractivity contribution in [2.24, 2.45) is 5.92 Å². The molecule has 0 spiro atoms. The van der Waals surface area contributed by atoms with Gasteiger partial charge < -0.3 is 15.3 Å². The predicted octanol–water partition coefficient (Wildman–Crippen LogP) is 1.13. The molecule has 0 aliphatic carbocycles. The average molecular weight is 277 g/mol.